The predicted octanol–water partition coefficient (Wildman–Crippen LogP) is 5.67. The fourth-order valence-electron chi connectivity index (χ4n) is 1.41. The molecule has 2 N–H and O–H groups in total. The highest BCUT2D eigenvalue weighted by Gasteiger charge is 2.03. The average molecular weight is 421 g/mol. The van der Waals surface area contributed by atoms with Crippen LogP contribution in [0.15, 0.2) is 51.4 Å². The van der Waals surface area contributed by atoms with E-state index >= 15 is 0 Å². The van der Waals surface area contributed by atoms with Crippen molar-refractivity contribution in [2.75, 3.05) is 10.6 Å². The van der Waals surface area contributed by atoms with Gasteiger partial charge in [-0.3, -0.25) is 0 Å². The van der Waals surface area contributed by atoms with Crippen molar-refractivity contribution in [3.8, 4) is 0 Å². The summed E-state index contributed by atoms with van der Waals surface area (Å²) in [4.78, 5) is 0. The normalized spacial score (nSPS) is 10.1. The molecule has 0 fully saturated rings. The van der Waals surface area contributed by atoms with Crippen LogP contribution in [0.4, 0.5) is 11.4 Å². The number of anilines is 2. The molecule has 2 aromatic carbocycles. The van der Waals surface area contributed by atoms with Gasteiger partial charge >= 0.3 is 0 Å². The van der Waals surface area contributed by atoms with Gasteiger partial charge in [-0.25, -0.2) is 0 Å². The first-order valence-electron chi connectivity index (χ1n) is 5.33. The van der Waals surface area contributed by atoms with Crippen LogP contribution < -0.4 is 10.6 Å². The zero-order valence-electron chi connectivity index (χ0n) is 9.58. The topological polar surface area (TPSA) is 24.1 Å². The zero-order valence-corrected chi connectivity index (χ0v) is 14.3. The first-order valence-corrected chi connectivity index (χ1v) is 7.70. The van der Waals surface area contributed by atoms with Gasteiger partial charge in [0.25, 0.3) is 0 Å². The minimum absolute atomic E-state index is 0.519. The molecule has 0 spiro atoms. The van der Waals surface area contributed by atoms with Crippen LogP contribution in [0, 0.1) is 0 Å². The number of hydrogen-bond acceptors (Lipinski definition) is 1. The molecular formula is C13H9Br2ClN2S. The maximum Gasteiger partial charge on any atom is 0.175 e. The third kappa shape index (κ3) is 4.45. The van der Waals surface area contributed by atoms with Crippen LogP contribution in [0.25, 0.3) is 0 Å². The number of rotatable bonds is 2. The third-order valence-corrected chi connectivity index (χ3v) is 3.89. The van der Waals surface area contributed by atoms with E-state index in [9.17, 15) is 0 Å². The molecule has 2 aromatic rings. The molecule has 2 rings (SSSR count). The van der Waals surface area contributed by atoms with Crippen LogP contribution in [0.3, 0.4) is 0 Å². The highest BCUT2D eigenvalue weighted by molar-refractivity contribution is 9.11. The van der Waals surface area contributed by atoms with Crippen molar-refractivity contribution in [3.63, 3.8) is 0 Å². The monoisotopic (exact) mass is 418 g/mol. The Hall–Kier alpha value is -0.620. The van der Waals surface area contributed by atoms with Gasteiger partial charge in [0.1, 0.15) is 0 Å². The largest absolute Gasteiger partial charge is 0.332 e. The Labute approximate surface area is 138 Å². The summed E-state index contributed by atoms with van der Waals surface area (Å²) in [5.41, 5.74) is 1.78. The predicted molar refractivity (Wildman–Crippen MR) is 93.1 cm³/mol. The van der Waals surface area contributed by atoms with E-state index in [1.165, 1.54) is 0 Å². The van der Waals surface area contributed by atoms with Gasteiger partial charge in [0, 0.05) is 19.7 Å². The van der Waals surface area contributed by atoms with Gasteiger partial charge in [-0.15, -0.1) is 0 Å². The second-order valence-corrected chi connectivity index (χ2v) is 6.32. The number of hydrogen-bond donors (Lipinski definition) is 2. The standard InChI is InChI=1S/C13H9Br2ClN2S/c14-8-1-6-12(11(15)7-8)18-13(19)17-10-4-2-9(16)3-5-10/h1-7H,(H2,17,18,19). The van der Waals surface area contributed by atoms with E-state index in [2.05, 4.69) is 42.5 Å². The van der Waals surface area contributed by atoms with Crippen LogP contribution in [-0.2, 0) is 0 Å². The average Bonchev–Trinajstić information content (AvgIpc) is 2.36. The molecular weight excluding hydrogens is 411 g/mol. The van der Waals surface area contributed by atoms with Crippen LogP contribution >= 0.6 is 55.7 Å². The minimum Gasteiger partial charge on any atom is -0.332 e. The Morgan fingerprint density at radius 3 is 2.32 bits per heavy atom. The zero-order chi connectivity index (χ0) is 13.8. The van der Waals surface area contributed by atoms with Gasteiger partial charge in [-0.05, 0) is 70.6 Å². The molecule has 0 aliphatic rings. The van der Waals surface area contributed by atoms with Gasteiger partial charge in [0.2, 0.25) is 0 Å². The quantitative estimate of drug-likeness (QED) is 0.612. The lowest BCUT2D eigenvalue weighted by atomic mass is 10.3. The highest BCUT2D eigenvalue weighted by atomic mass is 79.9. The summed E-state index contributed by atoms with van der Waals surface area (Å²) in [5, 5.41) is 7.42. The highest BCUT2D eigenvalue weighted by Crippen LogP contribution is 2.26. The second kappa shape index (κ2) is 6.70. The van der Waals surface area contributed by atoms with E-state index in [4.69, 9.17) is 23.8 Å². The summed E-state index contributed by atoms with van der Waals surface area (Å²) >= 11 is 18.0. The maximum atomic E-state index is 5.83. The molecule has 6 heteroatoms. The van der Waals surface area contributed by atoms with Gasteiger partial charge in [0.05, 0.1) is 5.69 Å². The minimum atomic E-state index is 0.519. The molecule has 2 nitrogen and oxygen atoms in total. The van der Waals surface area contributed by atoms with E-state index in [0.29, 0.717) is 10.1 Å². The van der Waals surface area contributed by atoms with Gasteiger partial charge in [-0.1, -0.05) is 27.5 Å². The van der Waals surface area contributed by atoms with Crippen molar-refractivity contribution in [3.05, 3.63) is 56.4 Å². The number of benzene rings is 2. The van der Waals surface area contributed by atoms with E-state index in [-0.39, 0.29) is 0 Å². The molecule has 0 saturated carbocycles. The van der Waals surface area contributed by atoms with Crippen LogP contribution in [0.2, 0.25) is 5.02 Å². The SMILES string of the molecule is S=C(Nc1ccc(Cl)cc1)Nc1ccc(Br)cc1Br. The maximum absolute atomic E-state index is 5.83. The van der Waals surface area contributed by atoms with Crippen LogP contribution in [-0.4, -0.2) is 5.11 Å². The second-order valence-electron chi connectivity index (χ2n) is 3.71. The molecule has 0 aliphatic heterocycles. The Kier molecular flexibility index (Phi) is 5.21. The molecule has 0 amide bonds. The summed E-state index contributed by atoms with van der Waals surface area (Å²) in [7, 11) is 0. The van der Waals surface area contributed by atoms with Crippen molar-refractivity contribution >= 4 is 72.2 Å². The van der Waals surface area contributed by atoms with Crippen LogP contribution in [0.5, 0.6) is 0 Å². The Morgan fingerprint density at radius 1 is 1.00 bits per heavy atom. The molecule has 0 saturated heterocycles. The molecule has 98 valence electrons. The Balaban J connectivity index is 2.03. The first-order chi connectivity index (χ1) is 9.04. The van der Waals surface area contributed by atoms with Gasteiger partial charge < -0.3 is 10.6 Å². The van der Waals surface area contributed by atoms with E-state index in [1.54, 1.807) is 0 Å². The lowest BCUT2D eigenvalue weighted by Crippen LogP contribution is -2.19. The summed E-state index contributed by atoms with van der Waals surface area (Å²) in [6.45, 7) is 0. The van der Waals surface area contributed by atoms with Crippen molar-refractivity contribution in [1.82, 2.24) is 0 Å². The van der Waals surface area contributed by atoms with Crippen molar-refractivity contribution in [2.24, 2.45) is 0 Å². The molecule has 0 aromatic heterocycles. The summed E-state index contributed by atoms with van der Waals surface area (Å²) in [6, 6.07) is 13.2. The fourth-order valence-corrected chi connectivity index (χ4v) is 2.91. The smallest absolute Gasteiger partial charge is 0.175 e. The third-order valence-electron chi connectivity index (χ3n) is 2.28. The van der Waals surface area contributed by atoms with E-state index in [0.717, 1.165) is 20.3 Å². The molecule has 0 radical (unpaired) electrons. The summed E-state index contributed by atoms with van der Waals surface area (Å²) in [5.74, 6) is 0. The summed E-state index contributed by atoms with van der Waals surface area (Å²) in [6.07, 6.45) is 0. The lowest BCUT2D eigenvalue weighted by Gasteiger charge is -2.12. The number of halogens is 3. The molecule has 0 bridgehead atoms. The van der Waals surface area contributed by atoms with Gasteiger partial charge in [0.15, 0.2) is 5.11 Å². The summed E-state index contributed by atoms with van der Waals surface area (Å²) < 4.78 is 1.93. The Bertz CT molecular complexity index is 602. The van der Waals surface area contributed by atoms with E-state index in [1.807, 2.05) is 42.5 Å². The van der Waals surface area contributed by atoms with Crippen molar-refractivity contribution < 1.29 is 0 Å². The molecule has 0 unspecified atom stereocenters. The molecule has 0 heterocycles. The molecule has 0 aliphatic carbocycles. The van der Waals surface area contributed by atoms with Crippen molar-refractivity contribution in [1.29, 1.82) is 0 Å². The number of thiocarbonyl (C=S) groups is 1. The van der Waals surface area contributed by atoms with Crippen molar-refractivity contribution in [2.45, 2.75) is 0 Å². The van der Waals surface area contributed by atoms with Crippen LogP contribution in [0.1, 0.15) is 0 Å². The Morgan fingerprint density at radius 2 is 1.68 bits per heavy atom. The van der Waals surface area contributed by atoms with Gasteiger partial charge in [-0.2, -0.15) is 0 Å². The lowest BCUT2D eigenvalue weighted by molar-refractivity contribution is 1.55. The first kappa shape index (κ1) is 14.8. The molecule has 19 heavy (non-hydrogen) atoms. The fraction of sp³-hybridized carbons (Fsp3) is 0. The number of nitrogens with one attached hydrogen (secondary N) is 2. The van der Waals surface area contributed by atoms with E-state index < -0.39 is 0 Å². The molecule has 0 atom stereocenters.